The Labute approximate surface area is 128 Å². The summed E-state index contributed by atoms with van der Waals surface area (Å²) in [6, 6.07) is 0. The summed E-state index contributed by atoms with van der Waals surface area (Å²) < 4.78 is 28.7. The van der Waals surface area contributed by atoms with Crippen LogP contribution < -0.4 is 0 Å². The number of hydrogen-bond acceptors (Lipinski definition) is 5. The summed E-state index contributed by atoms with van der Waals surface area (Å²) >= 11 is 0. The van der Waals surface area contributed by atoms with E-state index in [0.29, 0.717) is 38.3 Å². The molecule has 0 aromatic heterocycles. The molecule has 0 bridgehead atoms. The Kier molecular flexibility index (Phi) is 6.89. The molecule has 0 saturated carbocycles. The fourth-order valence-corrected chi connectivity index (χ4v) is 2.52. The van der Waals surface area contributed by atoms with Crippen molar-refractivity contribution in [1.29, 1.82) is 0 Å². The van der Waals surface area contributed by atoms with E-state index in [1.54, 1.807) is 0 Å². The summed E-state index contributed by atoms with van der Waals surface area (Å²) in [7, 11) is 0. The van der Waals surface area contributed by atoms with E-state index in [2.05, 4.69) is 27.7 Å². The molecule has 5 nitrogen and oxygen atoms in total. The Morgan fingerprint density at radius 1 is 0.714 bits per heavy atom. The first-order chi connectivity index (χ1) is 10.0. The van der Waals surface area contributed by atoms with Crippen molar-refractivity contribution in [2.75, 3.05) is 26.4 Å². The molecule has 2 fully saturated rings. The van der Waals surface area contributed by atoms with Crippen molar-refractivity contribution in [3.05, 3.63) is 0 Å². The monoisotopic (exact) mass is 302 g/mol. The summed E-state index contributed by atoms with van der Waals surface area (Å²) in [4.78, 5) is 0. The first-order valence-electron chi connectivity index (χ1n) is 8.14. The second kappa shape index (κ2) is 8.44. The molecule has 2 aliphatic heterocycles. The van der Waals surface area contributed by atoms with Crippen LogP contribution in [0.15, 0.2) is 0 Å². The molecular weight excluding hydrogens is 272 g/mol. The zero-order valence-electron chi connectivity index (χ0n) is 13.7. The molecule has 0 unspecified atom stereocenters. The first-order valence-corrected chi connectivity index (χ1v) is 8.14. The maximum Gasteiger partial charge on any atom is 0.158 e. The third-order valence-electron chi connectivity index (χ3n) is 3.58. The van der Waals surface area contributed by atoms with Gasteiger partial charge in [-0.25, -0.2) is 0 Å². The van der Waals surface area contributed by atoms with E-state index >= 15 is 0 Å². The minimum atomic E-state index is -0.0841. The summed E-state index contributed by atoms with van der Waals surface area (Å²) in [5.74, 6) is 1.15. The van der Waals surface area contributed by atoms with Crippen molar-refractivity contribution in [3.8, 4) is 0 Å². The highest BCUT2D eigenvalue weighted by Crippen LogP contribution is 2.20. The predicted molar refractivity (Wildman–Crippen MR) is 79.0 cm³/mol. The molecular formula is C16H30O5. The van der Waals surface area contributed by atoms with Gasteiger partial charge < -0.3 is 23.7 Å². The molecule has 21 heavy (non-hydrogen) atoms. The van der Waals surface area contributed by atoms with Crippen LogP contribution in [0.1, 0.15) is 40.5 Å². The molecule has 0 spiro atoms. The van der Waals surface area contributed by atoms with E-state index in [4.69, 9.17) is 23.7 Å². The lowest BCUT2D eigenvalue weighted by Crippen LogP contribution is -2.44. The van der Waals surface area contributed by atoms with E-state index in [-0.39, 0.29) is 24.8 Å². The average molecular weight is 302 g/mol. The van der Waals surface area contributed by atoms with Gasteiger partial charge >= 0.3 is 0 Å². The number of rotatable bonds is 6. The van der Waals surface area contributed by atoms with E-state index in [1.807, 2.05) is 0 Å². The van der Waals surface area contributed by atoms with Gasteiger partial charge in [0.25, 0.3) is 0 Å². The molecule has 5 heteroatoms. The SMILES string of the molecule is CC(C)CC1OCC(OC2COC(CC(C)C)OC2)CO1. The van der Waals surface area contributed by atoms with Gasteiger partial charge in [0.1, 0.15) is 12.2 Å². The fourth-order valence-electron chi connectivity index (χ4n) is 2.52. The van der Waals surface area contributed by atoms with E-state index < -0.39 is 0 Å². The molecule has 0 aromatic carbocycles. The second-order valence-corrected chi connectivity index (χ2v) is 6.83. The standard InChI is InChI=1S/C16H30O5/c1-11(2)5-15-17-7-13(8-18-15)21-14-9-19-16(20-10-14)6-12(3)4/h11-16H,5-10H2,1-4H3. The van der Waals surface area contributed by atoms with E-state index in [1.165, 1.54) is 0 Å². The summed E-state index contributed by atoms with van der Waals surface area (Å²) in [5, 5.41) is 0. The fraction of sp³-hybridized carbons (Fsp3) is 1.00. The summed E-state index contributed by atoms with van der Waals surface area (Å²) in [6.07, 6.45) is 1.65. The predicted octanol–water partition coefficient (Wildman–Crippen LogP) is 2.58. The molecule has 2 rings (SSSR count). The Morgan fingerprint density at radius 3 is 1.33 bits per heavy atom. The van der Waals surface area contributed by atoms with Crippen molar-refractivity contribution >= 4 is 0 Å². The zero-order chi connectivity index (χ0) is 15.2. The summed E-state index contributed by atoms with van der Waals surface area (Å²) in [6.45, 7) is 11.0. The Hall–Kier alpha value is -0.200. The lowest BCUT2D eigenvalue weighted by Gasteiger charge is -2.35. The molecule has 2 heterocycles. The van der Waals surface area contributed by atoms with Crippen LogP contribution in [0.3, 0.4) is 0 Å². The summed E-state index contributed by atoms with van der Waals surface area (Å²) in [5.41, 5.74) is 0. The van der Waals surface area contributed by atoms with Gasteiger partial charge in [-0.2, -0.15) is 0 Å². The van der Waals surface area contributed by atoms with Crippen LogP contribution in [0.4, 0.5) is 0 Å². The van der Waals surface area contributed by atoms with Crippen LogP contribution in [-0.2, 0) is 23.7 Å². The second-order valence-electron chi connectivity index (χ2n) is 6.83. The van der Waals surface area contributed by atoms with E-state index in [9.17, 15) is 0 Å². The molecule has 0 N–H and O–H groups in total. The van der Waals surface area contributed by atoms with Crippen LogP contribution >= 0.6 is 0 Å². The zero-order valence-corrected chi connectivity index (χ0v) is 13.7. The molecule has 0 radical (unpaired) electrons. The molecule has 2 aliphatic rings. The topological polar surface area (TPSA) is 46.2 Å². The Bertz CT molecular complexity index is 250. The maximum atomic E-state index is 5.94. The average Bonchev–Trinajstić information content (AvgIpc) is 2.42. The highest BCUT2D eigenvalue weighted by Gasteiger charge is 2.29. The van der Waals surface area contributed by atoms with Crippen LogP contribution in [0.5, 0.6) is 0 Å². The largest absolute Gasteiger partial charge is 0.365 e. The van der Waals surface area contributed by atoms with Gasteiger partial charge in [0.05, 0.1) is 26.4 Å². The van der Waals surface area contributed by atoms with Crippen LogP contribution in [0.25, 0.3) is 0 Å². The van der Waals surface area contributed by atoms with Crippen molar-refractivity contribution in [2.45, 2.75) is 65.3 Å². The molecule has 0 amide bonds. The van der Waals surface area contributed by atoms with Crippen LogP contribution in [-0.4, -0.2) is 51.2 Å². The third kappa shape index (κ3) is 6.20. The van der Waals surface area contributed by atoms with Crippen molar-refractivity contribution in [3.63, 3.8) is 0 Å². The lowest BCUT2D eigenvalue weighted by atomic mass is 10.1. The molecule has 0 atom stereocenters. The minimum Gasteiger partial charge on any atom is -0.365 e. The first kappa shape index (κ1) is 17.2. The van der Waals surface area contributed by atoms with Crippen molar-refractivity contribution < 1.29 is 23.7 Å². The highest BCUT2D eigenvalue weighted by molar-refractivity contribution is 4.70. The van der Waals surface area contributed by atoms with Gasteiger partial charge in [0, 0.05) is 12.8 Å². The maximum absolute atomic E-state index is 5.94. The third-order valence-corrected chi connectivity index (χ3v) is 3.58. The van der Waals surface area contributed by atoms with E-state index in [0.717, 1.165) is 12.8 Å². The molecule has 124 valence electrons. The normalized spacial score (nSPS) is 34.6. The van der Waals surface area contributed by atoms with Crippen LogP contribution in [0, 0.1) is 11.8 Å². The highest BCUT2D eigenvalue weighted by atomic mass is 16.7. The smallest absolute Gasteiger partial charge is 0.158 e. The van der Waals surface area contributed by atoms with Gasteiger partial charge in [-0.15, -0.1) is 0 Å². The van der Waals surface area contributed by atoms with Crippen molar-refractivity contribution in [1.82, 2.24) is 0 Å². The Morgan fingerprint density at radius 2 is 1.05 bits per heavy atom. The van der Waals surface area contributed by atoms with Gasteiger partial charge in [-0.3, -0.25) is 0 Å². The Balaban J connectivity index is 1.61. The number of hydrogen-bond donors (Lipinski definition) is 0. The molecule has 2 saturated heterocycles. The molecule has 0 aromatic rings. The van der Waals surface area contributed by atoms with Gasteiger partial charge in [-0.05, 0) is 11.8 Å². The minimum absolute atomic E-state index is 0.0211. The van der Waals surface area contributed by atoms with Gasteiger partial charge in [-0.1, -0.05) is 27.7 Å². The molecule has 0 aliphatic carbocycles. The van der Waals surface area contributed by atoms with Crippen LogP contribution in [0.2, 0.25) is 0 Å². The van der Waals surface area contributed by atoms with Gasteiger partial charge in [0.15, 0.2) is 12.6 Å². The quantitative estimate of drug-likeness (QED) is 0.754. The van der Waals surface area contributed by atoms with Crippen molar-refractivity contribution in [2.24, 2.45) is 11.8 Å². The lowest BCUT2D eigenvalue weighted by molar-refractivity contribution is -0.273. The number of ether oxygens (including phenoxy) is 5. The van der Waals surface area contributed by atoms with Gasteiger partial charge in [0.2, 0.25) is 0 Å².